The standard InChI is InChI=1S/C22H23N3O2/c1-16-10-12-17(13-11-16)21(26)15-24-22(23)25-18-6-5-9-20(14-18)27-19-7-3-2-4-8-19/h2-14,21,26H,15H2,1H3,(H3,23,24,25). The van der Waals surface area contributed by atoms with E-state index in [9.17, 15) is 5.11 Å². The second kappa shape index (κ2) is 8.87. The van der Waals surface area contributed by atoms with E-state index in [1.807, 2.05) is 85.8 Å². The smallest absolute Gasteiger partial charge is 0.193 e. The van der Waals surface area contributed by atoms with Gasteiger partial charge in [-0.2, -0.15) is 0 Å². The zero-order valence-corrected chi connectivity index (χ0v) is 15.2. The fourth-order valence-electron chi connectivity index (χ4n) is 2.53. The highest BCUT2D eigenvalue weighted by Gasteiger charge is 2.07. The molecule has 0 saturated heterocycles. The molecule has 27 heavy (non-hydrogen) atoms. The Bertz CT molecular complexity index is 893. The van der Waals surface area contributed by atoms with Crippen molar-refractivity contribution in [3.63, 3.8) is 0 Å². The lowest BCUT2D eigenvalue weighted by Crippen LogP contribution is -2.23. The lowest BCUT2D eigenvalue weighted by molar-refractivity contribution is 0.187. The Kier molecular flexibility index (Phi) is 6.07. The number of ether oxygens (including phenoxy) is 1. The summed E-state index contributed by atoms with van der Waals surface area (Å²) in [6, 6.07) is 24.7. The summed E-state index contributed by atoms with van der Waals surface area (Å²) in [5.74, 6) is 1.69. The van der Waals surface area contributed by atoms with Crippen LogP contribution < -0.4 is 15.8 Å². The highest BCUT2D eigenvalue weighted by molar-refractivity contribution is 5.92. The Morgan fingerprint density at radius 3 is 2.44 bits per heavy atom. The van der Waals surface area contributed by atoms with Gasteiger partial charge in [-0.25, -0.2) is 0 Å². The number of aliphatic imine (C=N–C) groups is 1. The van der Waals surface area contributed by atoms with Crippen molar-refractivity contribution in [2.24, 2.45) is 10.7 Å². The van der Waals surface area contributed by atoms with Crippen molar-refractivity contribution in [3.05, 3.63) is 90.0 Å². The number of hydrogen-bond acceptors (Lipinski definition) is 3. The molecule has 1 unspecified atom stereocenters. The number of anilines is 1. The number of hydrogen-bond donors (Lipinski definition) is 3. The molecule has 0 aliphatic carbocycles. The molecule has 3 rings (SSSR count). The molecule has 0 aliphatic rings. The Balaban J connectivity index is 1.60. The van der Waals surface area contributed by atoms with Gasteiger partial charge in [-0.1, -0.05) is 54.1 Å². The highest BCUT2D eigenvalue weighted by Crippen LogP contribution is 2.23. The summed E-state index contributed by atoms with van der Waals surface area (Å²) in [6.07, 6.45) is -0.696. The topological polar surface area (TPSA) is 79.9 Å². The van der Waals surface area contributed by atoms with Gasteiger partial charge in [0.15, 0.2) is 5.96 Å². The third kappa shape index (κ3) is 5.59. The van der Waals surface area contributed by atoms with Gasteiger partial charge >= 0.3 is 0 Å². The van der Waals surface area contributed by atoms with Gasteiger partial charge in [-0.15, -0.1) is 0 Å². The van der Waals surface area contributed by atoms with E-state index in [-0.39, 0.29) is 12.5 Å². The predicted octanol–water partition coefficient (Wildman–Crippen LogP) is 4.25. The van der Waals surface area contributed by atoms with Crippen molar-refractivity contribution >= 4 is 11.6 Å². The van der Waals surface area contributed by atoms with Crippen LogP contribution in [0.2, 0.25) is 0 Å². The van der Waals surface area contributed by atoms with E-state index in [0.717, 1.165) is 22.6 Å². The summed E-state index contributed by atoms with van der Waals surface area (Å²) in [5.41, 5.74) is 8.67. The molecule has 0 heterocycles. The van der Waals surface area contributed by atoms with Gasteiger partial charge in [0.1, 0.15) is 11.5 Å². The number of rotatable bonds is 6. The molecule has 1 atom stereocenters. The van der Waals surface area contributed by atoms with E-state index in [4.69, 9.17) is 10.5 Å². The van der Waals surface area contributed by atoms with Crippen molar-refractivity contribution in [1.29, 1.82) is 0 Å². The molecule has 3 aromatic carbocycles. The minimum Gasteiger partial charge on any atom is -0.457 e. The van der Waals surface area contributed by atoms with Crippen LogP contribution in [0.3, 0.4) is 0 Å². The van der Waals surface area contributed by atoms with Crippen LogP contribution in [0, 0.1) is 6.92 Å². The Labute approximate surface area is 159 Å². The first-order chi connectivity index (χ1) is 13.1. The molecule has 5 heteroatoms. The van der Waals surface area contributed by atoms with E-state index in [2.05, 4.69) is 10.3 Å². The average molecular weight is 361 g/mol. The van der Waals surface area contributed by atoms with E-state index < -0.39 is 6.10 Å². The molecular formula is C22H23N3O2. The van der Waals surface area contributed by atoms with Crippen molar-refractivity contribution in [1.82, 2.24) is 0 Å². The molecule has 5 nitrogen and oxygen atoms in total. The quantitative estimate of drug-likeness (QED) is 0.453. The molecule has 0 bridgehead atoms. The largest absolute Gasteiger partial charge is 0.457 e. The minimum absolute atomic E-state index is 0.183. The molecule has 0 aliphatic heterocycles. The summed E-state index contributed by atoms with van der Waals surface area (Å²) >= 11 is 0. The summed E-state index contributed by atoms with van der Waals surface area (Å²) in [6.45, 7) is 2.19. The third-order valence-corrected chi connectivity index (χ3v) is 3.98. The molecule has 0 amide bonds. The van der Waals surface area contributed by atoms with Crippen LogP contribution in [0.1, 0.15) is 17.2 Å². The third-order valence-electron chi connectivity index (χ3n) is 3.98. The summed E-state index contributed by atoms with van der Waals surface area (Å²) in [4.78, 5) is 4.22. The number of para-hydroxylation sites is 1. The highest BCUT2D eigenvalue weighted by atomic mass is 16.5. The normalized spacial score (nSPS) is 12.4. The van der Waals surface area contributed by atoms with E-state index in [0.29, 0.717) is 5.75 Å². The number of aryl methyl sites for hydroxylation is 1. The molecular weight excluding hydrogens is 338 g/mol. The molecule has 0 spiro atoms. The average Bonchev–Trinajstić information content (AvgIpc) is 2.68. The molecule has 0 aromatic heterocycles. The molecule has 0 radical (unpaired) electrons. The van der Waals surface area contributed by atoms with Crippen LogP contribution in [-0.2, 0) is 0 Å². The zero-order chi connectivity index (χ0) is 19.1. The van der Waals surface area contributed by atoms with E-state index in [1.165, 1.54) is 0 Å². The molecule has 0 fully saturated rings. The second-order valence-corrected chi connectivity index (χ2v) is 6.22. The first-order valence-corrected chi connectivity index (χ1v) is 8.75. The maximum absolute atomic E-state index is 10.2. The zero-order valence-electron chi connectivity index (χ0n) is 15.2. The predicted molar refractivity (Wildman–Crippen MR) is 109 cm³/mol. The van der Waals surface area contributed by atoms with Crippen LogP contribution in [0.25, 0.3) is 0 Å². The number of aliphatic hydroxyl groups excluding tert-OH is 1. The summed E-state index contributed by atoms with van der Waals surface area (Å²) in [7, 11) is 0. The first-order valence-electron chi connectivity index (χ1n) is 8.75. The maximum Gasteiger partial charge on any atom is 0.193 e. The van der Waals surface area contributed by atoms with Gasteiger partial charge < -0.3 is 20.9 Å². The Morgan fingerprint density at radius 2 is 1.70 bits per heavy atom. The van der Waals surface area contributed by atoms with Gasteiger partial charge in [0, 0.05) is 11.8 Å². The molecule has 4 N–H and O–H groups in total. The van der Waals surface area contributed by atoms with E-state index in [1.54, 1.807) is 0 Å². The number of aliphatic hydroxyl groups is 1. The Hall–Kier alpha value is -3.31. The van der Waals surface area contributed by atoms with Crippen molar-refractivity contribution in [3.8, 4) is 11.5 Å². The fourth-order valence-corrected chi connectivity index (χ4v) is 2.53. The molecule has 3 aromatic rings. The van der Waals surface area contributed by atoms with Crippen molar-refractivity contribution < 1.29 is 9.84 Å². The van der Waals surface area contributed by atoms with Gasteiger partial charge in [-0.3, -0.25) is 4.99 Å². The van der Waals surface area contributed by atoms with Crippen LogP contribution in [0.5, 0.6) is 11.5 Å². The number of nitrogens with one attached hydrogen (secondary N) is 1. The van der Waals surface area contributed by atoms with Crippen LogP contribution >= 0.6 is 0 Å². The second-order valence-electron chi connectivity index (χ2n) is 6.22. The summed E-state index contributed by atoms with van der Waals surface area (Å²) in [5, 5.41) is 13.2. The first kappa shape index (κ1) is 18.5. The van der Waals surface area contributed by atoms with Crippen molar-refractivity contribution in [2.75, 3.05) is 11.9 Å². The lowest BCUT2D eigenvalue weighted by atomic mass is 10.1. The van der Waals surface area contributed by atoms with Crippen molar-refractivity contribution in [2.45, 2.75) is 13.0 Å². The maximum atomic E-state index is 10.2. The van der Waals surface area contributed by atoms with Crippen LogP contribution in [0.15, 0.2) is 83.9 Å². The summed E-state index contributed by atoms with van der Waals surface area (Å²) < 4.78 is 5.81. The monoisotopic (exact) mass is 361 g/mol. The van der Waals surface area contributed by atoms with Crippen LogP contribution in [0.4, 0.5) is 5.69 Å². The minimum atomic E-state index is -0.696. The van der Waals surface area contributed by atoms with Gasteiger partial charge in [0.05, 0.1) is 12.6 Å². The molecule has 138 valence electrons. The number of nitrogens with two attached hydrogens (primary N) is 1. The van der Waals surface area contributed by atoms with E-state index >= 15 is 0 Å². The molecule has 0 saturated carbocycles. The van der Waals surface area contributed by atoms with Gasteiger partial charge in [-0.05, 0) is 36.8 Å². The SMILES string of the molecule is Cc1ccc(C(O)CN=C(N)Nc2cccc(Oc3ccccc3)c2)cc1. The number of benzene rings is 3. The Morgan fingerprint density at radius 1 is 1.00 bits per heavy atom. The fraction of sp³-hybridized carbons (Fsp3) is 0.136. The number of nitrogens with zero attached hydrogens (tertiary/aromatic N) is 1. The lowest BCUT2D eigenvalue weighted by Gasteiger charge is -2.11. The van der Waals surface area contributed by atoms with Gasteiger partial charge in [0.25, 0.3) is 0 Å². The number of guanidine groups is 1. The van der Waals surface area contributed by atoms with Gasteiger partial charge in [0.2, 0.25) is 0 Å². The van der Waals surface area contributed by atoms with Crippen LogP contribution in [-0.4, -0.2) is 17.6 Å².